The second-order valence-electron chi connectivity index (χ2n) is 6.99. The molecule has 140 valence electrons. The van der Waals surface area contributed by atoms with Crippen molar-refractivity contribution < 1.29 is 19.1 Å². The van der Waals surface area contributed by atoms with E-state index in [0.717, 1.165) is 5.56 Å². The molecule has 0 aliphatic rings. The van der Waals surface area contributed by atoms with E-state index in [1.807, 2.05) is 58.0 Å². The maximum Gasteiger partial charge on any atom is 0.410 e. The van der Waals surface area contributed by atoms with Gasteiger partial charge < -0.3 is 14.4 Å². The Hall–Kier alpha value is -1.88. The van der Waals surface area contributed by atoms with Crippen molar-refractivity contribution in [3.05, 3.63) is 35.9 Å². The lowest BCUT2D eigenvalue weighted by Gasteiger charge is -2.26. The SMILES string of the molecule is CCN(CCC(=O)CCCOCc1ccccc1)C(=O)OC(C)(C)C. The van der Waals surface area contributed by atoms with Gasteiger partial charge in [0, 0.05) is 32.5 Å². The first-order valence-corrected chi connectivity index (χ1v) is 8.93. The van der Waals surface area contributed by atoms with Gasteiger partial charge in [0.25, 0.3) is 0 Å². The van der Waals surface area contributed by atoms with E-state index in [-0.39, 0.29) is 11.9 Å². The van der Waals surface area contributed by atoms with Crippen molar-refractivity contribution in [2.45, 2.75) is 59.2 Å². The Morgan fingerprint density at radius 3 is 2.36 bits per heavy atom. The molecule has 1 aromatic rings. The highest BCUT2D eigenvalue weighted by Crippen LogP contribution is 2.10. The van der Waals surface area contributed by atoms with Crippen molar-refractivity contribution in [1.29, 1.82) is 0 Å². The molecule has 25 heavy (non-hydrogen) atoms. The van der Waals surface area contributed by atoms with Gasteiger partial charge in [-0.05, 0) is 39.7 Å². The minimum absolute atomic E-state index is 0.144. The molecule has 0 N–H and O–H groups in total. The molecule has 0 spiro atoms. The molecule has 0 atom stereocenters. The number of ketones is 1. The van der Waals surface area contributed by atoms with Gasteiger partial charge in [-0.1, -0.05) is 30.3 Å². The lowest BCUT2D eigenvalue weighted by atomic mass is 10.1. The van der Waals surface area contributed by atoms with Crippen LogP contribution < -0.4 is 0 Å². The summed E-state index contributed by atoms with van der Waals surface area (Å²) in [6, 6.07) is 9.96. The Kier molecular flexibility index (Phi) is 9.21. The molecule has 0 bridgehead atoms. The van der Waals surface area contributed by atoms with E-state index in [1.165, 1.54) is 0 Å². The predicted octanol–water partition coefficient (Wildman–Crippen LogP) is 4.20. The lowest BCUT2D eigenvalue weighted by molar-refractivity contribution is -0.119. The summed E-state index contributed by atoms with van der Waals surface area (Å²) in [6.07, 6.45) is 1.16. The van der Waals surface area contributed by atoms with Crippen LogP contribution in [0.5, 0.6) is 0 Å². The quantitative estimate of drug-likeness (QED) is 0.594. The fourth-order valence-corrected chi connectivity index (χ4v) is 2.23. The number of carbonyl (C=O) groups is 2. The summed E-state index contributed by atoms with van der Waals surface area (Å²) in [4.78, 5) is 25.5. The molecule has 5 nitrogen and oxygen atoms in total. The van der Waals surface area contributed by atoms with E-state index in [4.69, 9.17) is 9.47 Å². The van der Waals surface area contributed by atoms with Crippen molar-refractivity contribution in [3.63, 3.8) is 0 Å². The molecule has 0 aliphatic heterocycles. The molecule has 0 fully saturated rings. The molecular formula is C20H31NO4. The first-order chi connectivity index (χ1) is 11.8. The number of nitrogens with zero attached hydrogens (tertiary/aromatic N) is 1. The van der Waals surface area contributed by atoms with E-state index in [1.54, 1.807) is 4.90 Å². The number of amides is 1. The molecule has 1 aromatic carbocycles. The zero-order chi connectivity index (χ0) is 18.7. The Bertz CT molecular complexity index is 522. The summed E-state index contributed by atoms with van der Waals surface area (Å²) >= 11 is 0. The second-order valence-corrected chi connectivity index (χ2v) is 6.99. The van der Waals surface area contributed by atoms with Gasteiger partial charge in [-0.3, -0.25) is 4.79 Å². The molecule has 5 heteroatoms. The van der Waals surface area contributed by atoms with Gasteiger partial charge in [0.2, 0.25) is 0 Å². The zero-order valence-electron chi connectivity index (χ0n) is 15.9. The summed E-state index contributed by atoms with van der Waals surface area (Å²) in [5, 5.41) is 0. The molecule has 0 aromatic heterocycles. The highest BCUT2D eigenvalue weighted by atomic mass is 16.6. The number of hydrogen-bond acceptors (Lipinski definition) is 4. The van der Waals surface area contributed by atoms with Gasteiger partial charge in [-0.2, -0.15) is 0 Å². The third-order valence-corrected chi connectivity index (χ3v) is 3.55. The van der Waals surface area contributed by atoms with Crippen LogP contribution in [0.15, 0.2) is 30.3 Å². The van der Waals surface area contributed by atoms with Gasteiger partial charge in [0.1, 0.15) is 11.4 Å². The van der Waals surface area contributed by atoms with Gasteiger partial charge in [0.05, 0.1) is 6.61 Å². The summed E-state index contributed by atoms with van der Waals surface area (Å²) in [6.45, 7) is 9.43. The lowest BCUT2D eigenvalue weighted by Crippen LogP contribution is -2.37. The van der Waals surface area contributed by atoms with Crippen molar-refractivity contribution in [2.75, 3.05) is 19.7 Å². The summed E-state index contributed by atoms with van der Waals surface area (Å²) < 4.78 is 10.9. The molecule has 0 aliphatic carbocycles. The van der Waals surface area contributed by atoms with E-state index >= 15 is 0 Å². The largest absolute Gasteiger partial charge is 0.444 e. The van der Waals surface area contributed by atoms with Gasteiger partial charge >= 0.3 is 6.09 Å². The minimum Gasteiger partial charge on any atom is -0.444 e. The molecule has 0 saturated carbocycles. The number of benzene rings is 1. The smallest absolute Gasteiger partial charge is 0.410 e. The number of carbonyl (C=O) groups excluding carboxylic acids is 2. The van der Waals surface area contributed by atoms with E-state index in [2.05, 4.69) is 0 Å². The molecule has 0 heterocycles. The first kappa shape index (κ1) is 21.2. The van der Waals surface area contributed by atoms with Gasteiger partial charge in [-0.25, -0.2) is 4.79 Å². The monoisotopic (exact) mass is 349 g/mol. The maximum absolute atomic E-state index is 12.0. The van der Waals surface area contributed by atoms with Gasteiger partial charge in [0.15, 0.2) is 0 Å². The van der Waals surface area contributed by atoms with E-state index in [0.29, 0.717) is 45.6 Å². The highest BCUT2D eigenvalue weighted by molar-refractivity contribution is 5.79. The van der Waals surface area contributed by atoms with Crippen LogP contribution in [-0.4, -0.2) is 42.1 Å². The number of Topliss-reactive ketones (excluding diaryl/α,β-unsaturated/α-hetero) is 1. The van der Waals surface area contributed by atoms with Crippen LogP contribution in [0.2, 0.25) is 0 Å². The second kappa shape index (κ2) is 10.9. The van der Waals surface area contributed by atoms with Crippen LogP contribution in [-0.2, 0) is 20.9 Å². The molecule has 0 radical (unpaired) electrons. The predicted molar refractivity (Wildman–Crippen MR) is 98.4 cm³/mol. The number of hydrogen-bond donors (Lipinski definition) is 0. The van der Waals surface area contributed by atoms with Crippen molar-refractivity contribution in [2.24, 2.45) is 0 Å². The summed E-state index contributed by atoms with van der Waals surface area (Å²) in [7, 11) is 0. The average molecular weight is 349 g/mol. The van der Waals surface area contributed by atoms with Crippen LogP contribution in [0.3, 0.4) is 0 Å². The normalized spacial score (nSPS) is 11.2. The van der Waals surface area contributed by atoms with E-state index in [9.17, 15) is 9.59 Å². The Morgan fingerprint density at radius 1 is 1.08 bits per heavy atom. The molecule has 0 unspecified atom stereocenters. The number of ether oxygens (including phenoxy) is 2. The fraction of sp³-hybridized carbons (Fsp3) is 0.600. The third-order valence-electron chi connectivity index (χ3n) is 3.55. The molecule has 1 amide bonds. The Balaban J connectivity index is 2.17. The Morgan fingerprint density at radius 2 is 1.76 bits per heavy atom. The number of rotatable bonds is 10. The average Bonchev–Trinajstić information content (AvgIpc) is 2.54. The molecule has 1 rings (SSSR count). The Labute approximate surface area is 151 Å². The van der Waals surface area contributed by atoms with Crippen LogP contribution in [0.4, 0.5) is 4.79 Å². The van der Waals surface area contributed by atoms with Gasteiger partial charge in [-0.15, -0.1) is 0 Å². The van der Waals surface area contributed by atoms with E-state index < -0.39 is 5.60 Å². The topological polar surface area (TPSA) is 55.8 Å². The van der Waals surface area contributed by atoms with Crippen molar-refractivity contribution >= 4 is 11.9 Å². The van der Waals surface area contributed by atoms with Crippen LogP contribution in [0, 0.1) is 0 Å². The van der Waals surface area contributed by atoms with Crippen molar-refractivity contribution in [3.8, 4) is 0 Å². The first-order valence-electron chi connectivity index (χ1n) is 8.93. The summed E-state index contributed by atoms with van der Waals surface area (Å²) in [5.41, 5.74) is 0.606. The standard InChI is InChI=1S/C20H31NO4/c1-5-21(19(23)25-20(2,3)4)14-13-18(22)12-9-15-24-16-17-10-7-6-8-11-17/h6-8,10-11H,5,9,12-16H2,1-4H3. The highest BCUT2D eigenvalue weighted by Gasteiger charge is 2.21. The molecular weight excluding hydrogens is 318 g/mol. The van der Waals surface area contributed by atoms with Crippen LogP contribution >= 0.6 is 0 Å². The fourth-order valence-electron chi connectivity index (χ4n) is 2.23. The van der Waals surface area contributed by atoms with Crippen LogP contribution in [0.25, 0.3) is 0 Å². The molecule has 0 saturated heterocycles. The van der Waals surface area contributed by atoms with Crippen LogP contribution in [0.1, 0.15) is 52.5 Å². The summed E-state index contributed by atoms with van der Waals surface area (Å²) in [5.74, 6) is 0.144. The maximum atomic E-state index is 12.0. The minimum atomic E-state index is -0.523. The van der Waals surface area contributed by atoms with Crippen molar-refractivity contribution in [1.82, 2.24) is 4.90 Å². The third kappa shape index (κ3) is 9.87. The zero-order valence-corrected chi connectivity index (χ0v) is 15.9.